The summed E-state index contributed by atoms with van der Waals surface area (Å²) in [5.74, 6) is 7.28. The Labute approximate surface area is 120 Å². The molecule has 2 rings (SSSR count). The zero-order valence-electron chi connectivity index (χ0n) is 11.9. The monoisotopic (exact) mass is 262 g/mol. The molecule has 0 N–H and O–H groups in total. The van der Waals surface area contributed by atoms with E-state index in [0.717, 1.165) is 28.9 Å². The fraction of sp³-hybridized carbons (Fsp3) is 0.158. The summed E-state index contributed by atoms with van der Waals surface area (Å²) in [6.07, 6.45) is 0.869. The molecule has 2 aromatic carbocycles. The van der Waals surface area contributed by atoms with Crippen LogP contribution in [0.1, 0.15) is 23.6 Å². The number of hydrogen-bond donors (Lipinski definition) is 0. The predicted molar refractivity (Wildman–Crippen MR) is 83.9 cm³/mol. The van der Waals surface area contributed by atoms with Crippen LogP contribution in [-0.4, -0.2) is 7.11 Å². The van der Waals surface area contributed by atoms with Gasteiger partial charge in [-0.2, -0.15) is 0 Å². The topological polar surface area (TPSA) is 9.23 Å². The van der Waals surface area contributed by atoms with Crippen molar-refractivity contribution in [3.05, 3.63) is 77.4 Å². The van der Waals surface area contributed by atoms with Gasteiger partial charge in [0.05, 0.1) is 7.11 Å². The molecule has 0 aliphatic rings. The molecule has 20 heavy (non-hydrogen) atoms. The maximum atomic E-state index is 5.14. The first kappa shape index (κ1) is 14.0. The Morgan fingerprint density at radius 1 is 1.05 bits per heavy atom. The minimum atomic E-state index is 0.846. The molecule has 0 unspecified atom stereocenters. The normalized spacial score (nSPS) is 9.50. The van der Waals surface area contributed by atoms with E-state index in [-0.39, 0.29) is 0 Å². The van der Waals surface area contributed by atoms with Gasteiger partial charge >= 0.3 is 0 Å². The maximum Gasteiger partial charge on any atom is 0.118 e. The standard InChI is InChI=1S/C19H18O/c1-15(2)14-18-7-5-4-6-17(18)11-8-16-9-12-19(20-3)13-10-16/h4-7,9-10,12-13H,1,14H2,2-3H3. The molecule has 0 spiro atoms. The van der Waals surface area contributed by atoms with E-state index >= 15 is 0 Å². The Kier molecular flexibility index (Phi) is 4.63. The zero-order chi connectivity index (χ0) is 14.4. The summed E-state index contributed by atoms with van der Waals surface area (Å²) in [5.41, 5.74) is 4.41. The van der Waals surface area contributed by atoms with Crippen molar-refractivity contribution >= 4 is 0 Å². The number of hydrogen-bond acceptors (Lipinski definition) is 1. The highest BCUT2D eigenvalue weighted by Crippen LogP contribution is 2.13. The van der Waals surface area contributed by atoms with E-state index in [1.165, 1.54) is 5.56 Å². The van der Waals surface area contributed by atoms with Crippen molar-refractivity contribution in [3.8, 4) is 17.6 Å². The Balaban J connectivity index is 2.25. The van der Waals surface area contributed by atoms with Crippen molar-refractivity contribution in [2.45, 2.75) is 13.3 Å². The highest BCUT2D eigenvalue weighted by molar-refractivity contribution is 5.48. The van der Waals surface area contributed by atoms with Crippen LogP contribution in [0.15, 0.2) is 60.7 Å². The predicted octanol–water partition coefficient (Wildman–Crippen LogP) is 4.21. The van der Waals surface area contributed by atoms with Gasteiger partial charge in [0, 0.05) is 11.1 Å². The van der Waals surface area contributed by atoms with E-state index in [1.54, 1.807) is 7.11 Å². The first-order chi connectivity index (χ1) is 9.69. The maximum absolute atomic E-state index is 5.14. The molecule has 0 heterocycles. The van der Waals surface area contributed by atoms with Crippen LogP contribution in [0.3, 0.4) is 0 Å². The van der Waals surface area contributed by atoms with Gasteiger partial charge in [0.15, 0.2) is 0 Å². The fourth-order valence-electron chi connectivity index (χ4n) is 1.94. The number of methoxy groups -OCH3 is 1. The van der Waals surface area contributed by atoms with Crippen molar-refractivity contribution in [3.63, 3.8) is 0 Å². The minimum absolute atomic E-state index is 0.846. The molecule has 1 nitrogen and oxygen atoms in total. The molecule has 0 saturated heterocycles. The van der Waals surface area contributed by atoms with Crippen molar-refractivity contribution < 1.29 is 4.74 Å². The van der Waals surface area contributed by atoms with E-state index < -0.39 is 0 Å². The number of benzene rings is 2. The van der Waals surface area contributed by atoms with Crippen LogP contribution in [-0.2, 0) is 6.42 Å². The SMILES string of the molecule is C=C(C)Cc1ccccc1C#Cc1ccc(OC)cc1. The smallest absolute Gasteiger partial charge is 0.118 e. The lowest BCUT2D eigenvalue weighted by Crippen LogP contribution is -1.90. The third-order valence-electron chi connectivity index (χ3n) is 2.94. The summed E-state index contributed by atoms with van der Waals surface area (Å²) < 4.78 is 5.14. The quantitative estimate of drug-likeness (QED) is 0.594. The van der Waals surface area contributed by atoms with Gasteiger partial charge in [-0.1, -0.05) is 42.2 Å². The van der Waals surface area contributed by atoms with E-state index in [1.807, 2.05) is 43.3 Å². The minimum Gasteiger partial charge on any atom is -0.497 e. The molecule has 100 valence electrons. The molecule has 0 saturated carbocycles. The number of rotatable bonds is 3. The molecule has 0 amide bonds. The third-order valence-corrected chi connectivity index (χ3v) is 2.94. The lowest BCUT2D eigenvalue weighted by atomic mass is 10.0. The van der Waals surface area contributed by atoms with Gasteiger partial charge < -0.3 is 4.74 Å². The van der Waals surface area contributed by atoms with Crippen LogP contribution in [0.2, 0.25) is 0 Å². The molecule has 0 fully saturated rings. The Morgan fingerprint density at radius 3 is 2.40 bits per heavy atom. The summed E-state index contributed by atoms with van der Waals surface area (Å²) in [6.45, 7) is 6.00. The average Bonchev–Trinajstić information content (AvgIpc) is 2.46. The highest BCUT2D eigenvalue weighted by Gasteiger charge is 1.99. The Hall–Kier alpha value is -2.46. The molecule has 1 heteroatoms. The van der Waals surface area contributed by atoms with Crippen molar-refractivity contribution in [1.82, 2.24) is 0 Å². The van der Waals surface area contributed by atoms with E-state index in [0.29, 0.717) is 0 Å². The first-order valence-corrected chi connectivity index (χ1v) is 6.57. The van der Waals surface area contributed by atoms with Crippen LogP contribution in [0.4, 0.5) is 0 Å². The van der Waals surface area contributed by atoms with E-state index in [4.69, 9.17) is 4.74 Å². The lowest BCUT2D eigenvalue weighted by Gasteiger charge is -2.03. The van der Waals surface area contributed by atoms with Gasteiger partial charge in [0.25, 0.3) is 0 Å². The second-order valence-electron chi connectivity index (χ2n) is 4.77. The summed E-state index contributed by atoms with van der Waals surface area (Å²) in [6, 6.07) is 16.0. The van der Waals surface area contributed by atoms with Crippen molar-refractivity contribution in [2.75, 3.05) is 7.11 Å². The third kappa shape index (κ3) is 3.76. The second-order valence-corrected chi connectivity index (χ2v) is 4.77. The highest BCUT2D eigenvalue weighted by atomic mass is 16.5. The molecular weight excluding hydrogens is 244 g/mol. The molecule has 0 radical (unpaired) electrons. The van der Waals surface area contributed by atoms with Crippen molar-refractivity contribution in [1.29, 1.82) is 0 Å². The number of allylic oxidation sites excluding steroid dienone is 1. The molecule has 0 bridgehead atoms. The lowest BCUT2D eigenvalue weighted by molar-refractivity contribution is 0.415. The summed E-state index contributed by atoms with van der Waals surface area (Å²) in [5, 5.41) is 0. The Bertz CT molecular complexity index is 654. The van der Waals surface area contributed by atoms with E-state index in [2.05, 4.69) is 30.6 Å². The summed E-state index contributed by atoms with van der Waals surface area (Å²) in [4.78, 5) is 0. The Morgan fingerprint density at radius 2 is 1.75 bits per heavy atom. The molecule has 0 aliphatic carbocycles. The van der Waals surface area contributed by atoms with Crippen molar-refractivity contribution in [2.24, 2.45) is 0 Å². The molecule has 0 aliphatic heterocycles. The summed E-state index contributed by atoms with van der Waals surface area (Å²) >= 11 is 0. The van der Waals surface area contributed by atoms with E-state index in [9.17, 15) is 0 Å². The molecule has 0 atom stereocenters. The van der Waals surface area contributed by atoms with Gasteiger partial charge in [0.1, 0.15) is 5.75 Å². The van der Waals surface area contributed by atoms with Gasteiger partial charge in [-0.15, -0.1) is 0 Å². The number of ether oxygens (including phenoxy) is 1. The summed E-state index contributed by atoms with van der Waals surface area (Å²) in [7, 11) is 1.66. The van der Waals surface area contributed by atoms with Gasteiger partial charge in [0.2, 0.25) is 0 Å². The van der Waals surface area contributed by atoms with Gasteiger partial charge in [-0.3, -0.25) is 0 Å². The van der Waals surface area contributed by atoms with Gasteiger partial charge in [-0.05, 0) is 49.2 Å². The van der Waals surface area contributed by atoms with Crippen LogP contribution >= 0.6 is 0 Å². The average molecular weight is 262 g/mol. The first-order valence-electron chi connectivity index (χ1n) is 6.57. The molecule has 0 aromatic heterocycles. The van der Waals surface area contributed by atoms with Crippen LogP contribution in [0.25, 0.3) is 0 Å². The second kappa shape index (κ2) is 6.63. The largest absolute Gasteiger partial charge is 0.497 e. The van der Waals surface area contributed by atoms with Gasteiger partial charge in [-0.25, -0.2) is 0 Å². The fourth-order valence-corrected chi connectivity index (χ4v) is 1.94. The van der Waals surface area contributed by atoms with Crippen LogP contribution in [0.5, 0.6) is 5.75 Å². The zero-order valence-corrected chi connectivity index (χ0v) is 11.9. The molecule has 2 aromatic rings. The molecular formula is C19H18O. The van der Waals surface area contributed by atoms with Crippen LogP contribution in [0, 0.1) is 11.8 Å². The van der Waals surface area contributed by atoms with Crippen LogP contribution < -0.4 is 4.74 Å².